The number of hydrogen-bond donors (Lipinski definition) is 2. The fourth-order valence-electron chi connectivity index (χ4n) is 1.45. The van der Waals surface area contributed by atoms with Gasteiger partial charge in [-0.3, -0.25) is 4.98 Å². The van der Waals surface area contributed by atoms with Crippen molar-refractivity contribution in [3.8, 4) is 0 Å². The molecule has 4 nitrogen and oxygen atoms in total. The molecule has 1 fully saturated rings. The second-order valence-corrected chi connectivity index (χ2v) is 4.00. The van der Waals surface area contributed by atoms with Crippen LogP contribution in [0.3, 0.4) is 0 Å². The van der Waals surface area contributed by atoms with Gasteiger partial charge in [-0.15, -0.1) is 0 Å². The molecule has 1 aromatic heterocycles. The highest BCUT2D eigenvalue weighted by molar-refractivity contribution is 5.93. The van der Waals surface area contributed by atoms with Crippen molar-refractivity contribution in [2.75, 3.05) is 11.9 Å². The number of anilines is 1. The van der Waals surface area contributed by atoms with Crippen LogP contribution < -0.4 is 5.32 Å². The fourth-order valence-corrected chi connectivity index (χ4v) is 1.45. The van der Waals surface area contributed by atoms with Gasteiger partial charge in [0.25, 0.3) is 0 Å². The summed E-state index contributed by atoms with van der Waals surface area (Å²) in [6.07, 6.45) is 3.91. The summed E-state index contributed by atoms with van der Waals surface area (Å²) < 4.78 is 0. The lowest BCUT2D eigenvalue weighted by atomic mass is 10.2. The lowest BCUT2D eigenvalue weighted by molar-refractivity contribution is 0.0697. The van der Waals surface area contributed by atoms with Crippen molar-refractivity contribution < 1.29 is 9.90 Å². The monoisotopic (exact) mass is 206 g/mol. The minimum Gasteiger partial charge on any atom is -0.478 e. The Morgan fingerprint density at radius 3 is 3.00 bits per heavy atom. The van der Waals surface area contributed by atoms with E-state index in [9.17, 15) is 4.79 Å². The highest BCUT2D eigenvalue weighted by Gasteiger charge is 2.21. The number of aryl methyl sites for hydroxylation is 1. The van der Waals surface area contributed by atoms with Gasteiger partial charge in [-0.1, -0.05) is 0 Å². The van der Waals surface area contributed by atoms with E-state index in [-0.39, 0.29) is 5.56 Å². The molecule has 1 heterocycles. The molecule has 4 heteroatoms. The number of nitrogens with zero attached hydrogens (tertiary/aromatic N) is 1. The molecule has 0 atom stereocenters. The van der Waals surface area contributed by atoms with Crippen LogP contribution in [0.2, 0.25) is 0 Å². The van der Waals surface area contributed by atoms with E-state index in [1.807, 2.05) is 6.92 Å². The molecule has 1 aliphatic carbocycles. The molecule has 0 unspecified atom stereocenters. The number of carboxylic acid groups (broad SMARTS) is 1. The zero-order valence-electron chi connectivity index (χ0n) is 8.66. The van der Waals surface area contributed by atoms with Gasteiger partial charge >= 0.3 is 5.97 Å². The van der Waals surface area contributed by atoms with Crippen LogP contribution in [0.5, 0.6) is 0 Å². The van der Waals surface area contributed by atoms with Crippen LogP contribution in [0.4, 0.5) is 5.69 Å². The van der Waals surface area contributed by atoms with Gasteiger partial charge in [0.15, 0.2) is 0 Å². The Labute approximate surface area is 88.3 Å². The number of rotatable bonds is 4. The number of carboxylic acids is 1. The molecule has 1 saturated carbocycles. The van der Waals surface area contributed by atoms with Gasteiger partial charge < -0.3 is 10.4 Å². The molecule has 0 spiro atoms. The summed E-state index contributed by atoms with van der Waals surface area (Å²) in [5.74, 6) is -0.207. The quantitative estimate of drug-likeness (QED) is 0.790. The van der Waals surface area contributed by atoms with Crippen LogP contribution in [-0.2, 0) is 0 Å². The minimum absolute atomic E-state index is 0.251. The lowest BCUT2D eigenvalue weighted by Crippen LogP contribution is -2.09. The molecule has 80 valence electrons. The van der Waals surface area contributed by atoms with Crippen molar-refractivity contribution in [1.82, 2.24) is 4.98 Å². The maximum atomic E-state index is 10.9. The van der Waals surface area contributed by atoms with Crippen molar-refractivity contribution in [3.63, 3.8) is 0 Å². The van der Waals surface area contributed by atoms with Crippen molar-refractivity contribution >= 4 is 11.7 Å². The smallest absolute Gasteiger partial charge is 0.339 e. The topological polar surface area (TPSA) is 62.2 Å². The number of aromatic nitrogens is 1. The normalized spacial score (nSPS) is 15.0. The summed E-state index contributed by atoms with van der Waals surface area (Å²) >= 11 is 0. The summed E-state index contributed by atoms with van der Waals surface area (Å²) in [6.45, 7) is 2.72. The maximum Gasteiger partial charge on any atom is 0.339 e. The highest BCUT2D eigenvalue weighted by atomic mass is 16.4. The molecule has 0 bridgehead atoms. The van der Waals surface area contributed by atoms with Gasteiger partial charge in [0.1, 0.15) is 5.56 Å². The predicted molar refractivity (Wildman–Crippen MR) is 57.1 cm³/mol. The van der Waals surface area contributed by atoms with E-state index in [0.29, 0.717) is 5.69 Å². The molecule has 2 rings (SSSR count). The van der Waals surface area contributed by atoms with E-state index in [4.69, 9.17) is 5.11 Å². The first-order chi connectivity index (χ1) is 7.16. The first-order valence-electron chi connectivity index (χ1n) is 5.10. The average Bonchev–Trinajstić information content (AvgIpc) is 2.97. The third-order valence-electron chi connectivity index (χ3n) is 2.55. The Hall–Kier alpha value is -1.58. The van der Waals surface area contributed by atoms with Gasteiger partial charge in [-0.05, 0) is 31.7 Å². The largest absolute Gasteiger partial charge is 0.478 e. The van der Waals surface area contributed by atoms with Gasteiger partial charge in [0.05, 0.1) is 5.69 Å². The molecule has 1 aliphatic rings. The standard InChI is InChI=1S/C11H14N2O2/c1-7-4-10(13-5-8-2-3-8)9(6-12-7)11(14)15/h4,6,8H,2-3,5H2,1H3,(H,12,13)(H,14,15). The molecule has 2 N–H and O–H groups in total. The Morgan fingerprint density at radius 1 is 1.67 bits per heavy atom. The van der Waals surface area contributed by atoms with E-state index in [1.165, 1.54) is 19.0 Å². The van der Waals surface area contributed by atoms with Crippen molar-refractivity contribution in [1.29, 1.82) is 0 Å². The first-order valence-corrected chi connectivity index (χ1v) is 5.10. The Bertz CT molecular complexity index is 386. The van der Waals surface area contributed by atoms with Gasteiger partial charge in [-0.25, -0.2) is 4.79 Å². The van der Waals surface area contributed by atoms with E-state index >= 15 is 0 Å². The zero-order chi connectivity index (χ0) is 10.8. The van der Waals surface area contributed by atoms with E-state index in [0.717, 1.165) is 18.2 Å². The molecule has 0 amide bonds. The highest BCUT2D eigenvalue weighted by Crippen LogP contribution is 2.29. The third kappa shape index (κ3) is 2.46. The second-order valence-electron chi connectivity index (χ2n) is 4.00. The Kier molecular flexibility index (Phi) is 2.58. The van der Waals surface area contributed by atoms with Crippen molar-refractivity contribution in [2.24, 2.45) is 5.92 Å². The van der Waals surface area contributed by atoms with Gasteiger partial charge in [0, 0.05) is 18.4 Å². The second kappa shape index (κ2) is 3.88. The minimum atomic E-state index is -0.930. The number of pyridine rings is 1. The van der Waals surface area contributed by atoms with Gasteiger partial charge in [-0.2, -0.15) is 0 Å². The first kappa shape index (κ1) is 9.96. The van der Waals surface area contributed by atoms with Crippen molar-refractivity contribution in [3.05, 3.63) is 23.5 Å². The number of nitrogens with one attached hydrogen (secondary N) is 1. The average molecular weight is 206 g/mol. The summed E-state index contributed by atoms with van der Waals surface area (Å²) in [7, 11) is 0. The number of carbonyl (C=O) groups is 1. The number of hydrogen-bond acceptors (Lipinski definition) is 3. The predicted octanol–water partition coefficient (Wildman–Crippen LogP) is 1.91. The maximum absolute atomic E-state index is 10.9. The lowest BCUT2D eigenvalue weighted by Gasteiger charge is -2.09. The van der Waals surface area contributed by atoms with E-state index in [2.05, 4.69) is 10.3 Å². The molecule has 0 radical (unpaired) electrons. The van der Waals surface area contributed by atoms with E-state index < -0.39 is 5.97 Å². The Balaban J connectivity index is 2.16. The Morgan fingerprint density at radius 2 is 2.40 bits per heavy atom. The third-order valence-corrected chi connectivity index (χ3v) is 2.55. The molecule has 0 aliphatic heterocycles. The van der Waals surface area contributed by atoms with Crippen LogP contribution in [0.15, 0.2) is 12.3 Å². The van der Waals surface area contributed by atoms with Crippen molar-refractivity contribution in [2.45, 2.75) is 19.8 Å². The summed E-state index contributed by atoms with van der Waals surface area (Å²) in [5, 5.41) is 12.1. The molecular weight excluding hydrogens is 192 g/mol. The van der Waals surface area contributed by atoms with Crippen LogP contribution in [-0.4, -0.2) is 22.6 Å². The van der Waals surface area contributed by atoms with Crippen LogP contribution >= 0.6 is 0 Å². The molecule has 0 aromatic carbocycles. The summed E-state index contributed by atoms with van der Waals surface area (Å²) in [5.41, 5.74) is 1.77. The fraction of sp³-hybridized carbons (Fsp3) is 0.455. The zero-order valence-corrected chi connectivity index (χ0v) is 8.66. The van der Waals surface area contributed by atoms with Crippen LogP contribution in [0, 0.1) is 12.8 Å². The molecule has 15 heavy (non-hydrogen) atoms. The SMILES string of the molecule is Cc1cc(NCC2CC2)c(C(=O)O)cn1. The molecule has 1 aromatic rings. The summed E-state index contributed by atoms with van der Waals surface area (Å²) in [4.78, 5) is 14.9. The number of aromatic carboxylic acids is 1. The van der Waals surface area contributed by atoms with Crippen LogP contribution in [0.25, 0.3) is 0 Å². The van der Waals surface area contributed by atoms with E-state index in [1.54, 1.807) is 6.07 Å². The summed E-state index contributed by atoms with van der Waals surface area (Å²) in [6, 6.07) is 1.78. The molecule has 0 saturated heterocycles. The molecular formula is C11H14N2O2. The van der Waals surface area contributed by atoms with Crippen LogP contribution in [0.1, 0.15) is 28.9 Å². The van der Waals surface area contributed by atoms with Gasteiger partial charge in [0.2, 0.25) is 0 Å².